The molecule has 1 atom stereocenters. The van der Waals surface area contributed by atoms with Gasteiger partial charge in [0, 0.05) is 36.2 Å². The highest BCUT2D eigenvalue weighted by Gasteiger charge is 2.38. The second kappa shape index (κ2) is 5.98. The summed E-state index contributed by atoms with van der Waals surface area (Å²) in [4.78, 5) is 2.72. The average molecular weight is 260 g/mol. The molecule has 0 radical (unpaired) electrons. The van der Waals surface area contributed by atoms with Crippen molar-refractivity contribution in [1.29, 1.82) is 0 Å². The van der Waals surface area contributed by atoms with E-state index >= 15 is 0 Å². The molecule has 2 saturated heterocycles. The van der Waals surface area contributed by atoms with Crippen molar-refractivity contribution in [2.75, 3.05) is 36.9 Å². The molecule has 4 heteroatoms. The Kier molecular flexibility index (Phi) is 4.89. The summed E-state index contributed by atoms with van der Waals surface area (Å²) in [5.74, 6) is 3.91. The summed E-state index contributed by atoms with van der Waals surface area (Å²) in [6, 6.07) is 0. The normalized spacial score (nSPS) is 31.5. The van der Waals surface area contributed by atoms with E-state index in [1.54, 1.807) is 0 Å². The van der Waals surface area contributed by atoms with Crippen LogP contribution in [0.25, 0.3) is 0 Å². The van der Waals surface area contributed by atoms with Gasteiger partial charge in [0.25, 0.3) is 0 Å². The Morgan fingerprint density at radius 1 is 1.31 bits per heavy atom. The molecule has 0 aromatic heterocycles. The Balaban J connectivity index is 2.01. The van der Waals surface area contributed by atoms with Crippen LogP contribution >= 0.6 is 23.5 Å². The van der Waals surface area contributed by atoms with Gasteiger partial charge in [-0.15, -0.1) is 0 Å². The summed E-state index contributed by atoms with van der Waals surface area (Å²) in [5, 5.41) is 0.840. The molecule has 2 nitrogen and oxygen atoms in total. The minimum atomic E-state index is 0.347. The molecule has 0 saturated carbocycles. The largest absolute Gasteiger partial charge is 0.329 e. The van der Waals surface area contributed by atoms with E-state index in [4.69, 9.17) is 5.73 Å². The van der Waals surface area contributed by atoms with E-state index in [1.807, 2.05) is 0 Å². The molecule has 2 rings (SSSR count). The molecule has 0 aromatic carbocycles. The van der Waals surface area contributed by atoms with Gasteiger partial charge in [-0.05, 0) is 30.8 Å². The summed E-state index contributed by atoms with van der Waals surface area (Å²) in [7, 11) is 0. The lowest BCUT2D eigenvalue weighted by atomic mass is 9.89. The van der Waals surface area contributed by atoms with Gasteiger partial charge in [-0.3, -0.25) is 4.90 Å². The van der Waals surface area contributed by atoms with Gasteiger partial charge in [0.1, 0.15) is 0 Å². The third-order valence-electron chi connectivity index (χ3n) is 4.07. The molecule has 2 fully saturated rings. The quantitative estimate of drug-likeness (QED) is 0.841. The topological polar surface area (TPSA) is 29.3 Å². The van der Waals surface area contributed by atoms with Crippen LogP contribution in [0.3, 0.4) is 0 Å². The highest BCUT2D eigenvalue weighted by Crippen LogP contribution is 2.35. The van der Waals surface area contributed by atoms with Crippen LogP contribution in [-0.4, -0.2) is 52.6 Å². The Hall–Kier alpha value is 0.620. The summed E-state index contributed by atoms with van der Waals surface area (Å²) >= 11 is 4.25. The SMILES string of the molecule is CCC1CN(C2(CN)CCSCC2)CCS1. The van der Waals surface area contributed by atoms with E-state index < -0.39 is 0 Å². The lowest BCUT2D eigenvalue weighted by Gasteiger charge is -2.49. The smallest absolute Gasteiger partial charge is 0.0348 e. The van der Waals surface area contributed by atoms with E-state index in [-0.39, 0.29) is 0 Å². The van der Waals surface area contributed by atoms with E-state index in [0.717, 1.165) is 11.8 Å². The van der Waals surface area contributed by atoms with Crippen LogP contribution in [0.1, 0.15) is 26.2 Å². The van der Waals surface area contributed by atoms with E-state index in [1.165, 1.54) is 49.6 Å². The minimum absolute atomic E-state index is 0.347. The van der Waals surface area contributed by atoms with Crippen molar-refractivity contribution < 1.29 is 0 Å². The van der Waals surface area contributed by atoms with Crippen LogP contribution in [0.2, 0.25) is 0 Å². The molecule has 1 unspecified atom stereocenters. The zero-order valence-electron chi connectivity index (χ0n) is 10.3. The molecule has 94 valence electrons. The van der Waals surface area contributed by atoms with Crippen molar-refractivity contribution in [2.45, 2.75) is 37.0 Å². The van der Waals surface area contributed by atoms with Crippen molar-refractivity contribution in [3.63, 3.8) is 0 Å². The van der Waals surface area contributed by atoms with Gasteiger partial charge in [-0.2, -0.15) is 23.5 Å². The molecule has 0 aliphatic carbocycles. The number of thioether (sulfide) groups is 2. The minimum Gasteiger partial charge on any atom is -0.329 e. The zero-order chi connectivity index (χ0) is 11.4. The number of nitrogens with two attached hydrogens (primary N) is 1. The number of rotatable bonds is 3. The van der Waals surface area contributed by atoms with Crippen LogP contribution < -0.4 is 5.73 Å². The van der Waals surface area contributed by atoms with Crippen LogP contribution in [0, 0.1) is 0 Å². The van der Waals surface area contributed by atoms with Crippen molar-refractivity contribution in [1.82, 2.24) is 4.90 Å². The van der Waals surface area contributed by atoms with Crippen LogP contribution in [-0.2, 0) is 0 Å². The fourth-order valence-corrected chi connectivity index (χ4v) is 5.23. The van der Waals surface area contributed by atoms with Gasteiger partial charge >= 0.3 is 0 Å². The first-order valence-corrected chi connectivity index (χ1v) is 8.65. The molecule has 0 spiro atoms. The van der Waals surface area contributed by atoms with Crippen LogP contribution in [0.4, 0.5) is 0 Å². The zero-order valence-corrected chi connectivity index (χ0v) is 11.9. The maximum Gasteiger partial charge on any atom is 0.0348 e. The summed E-state index contributed by atoms with van der Waals surface area (Å²) in [6.07, 6.45) is 3.90. The monoisotopic (exact) mass is 260 g/mol. The molecular formula is C12H24N2S2. The Bertz CT molecular complexity index is 217. The number of hydrogen-bond acceptors (Lipinski definition) is 4. The van der Waals surface area contributed by atoms with Gasteiger partial charge in [0.2, 0.25) is 0 Å². The summed E-state index contributed by atoms with van der Waals surface area (Å²) < 4.78 is 0. The lowest BCUT2D eigenvalue weighted by molar-refractivity contribution is 0.0880. The van der Waals surface area contributed by atoms with Crippen LogP contribution in [0.5, 0.6) is 0 Å². The van der Waals surface area contributed by atoms with E-state index in [9.17, 15) is 0 Å². The summed E-state index contributed by atoms with van der Waals surface area (Å²) in [5.41, 5.74) is 6.45. The Labute approximate surface area is 108 Å². The van der Waals surface area contributed by atoms with Gasteiger partial charge < -0.3 is 5.73 Å². The predicted octanol–water partition coefficient (Wildman–Crippen LogP) is 2.04. The van der Waals surface area contributed by atoms with Gasteiger partial charge in [0.15, 0.2) is 0 Å². The van der Waals surface area contributed by atoms with Crippen molar-refractivity contribution >= 4 is 23.5 Å². The molecule has 0 amide bonds. The number of nitrogens with zero attached hydrogens (tertiary/aromatic N) is 1. The third kappa shape index (κ3) is 2.71. The molecule has 2 aliphatic rings. The first-order chi connectivity index (χ1) is 7.80. The van der Waals surface area contributed by atoms with Crippen molar-refractivity contribution in [2.24, 2.45) is 5.73 Å². The lowest BCUT2D eigenvalue weighted by Crippen LogP contribution is -2.59. The highest BCUT2D eigenvalue weighted by molar-refractivity contribution is 8.00. The van der Waals surface area contributed by atoms with Crippen molar-refractivity contribution in [3.05, 3.63) is 0 Å². The highest BCUT2D eigenvalue weighted by atomic mass is 32.2. The molecule has 2 N–H and O–H groups in total. The first kappa shape index (κ1) is 13.1. The van der Waals surface area contributed by atoms with Crippen molar-refractivity contribution in [3.8, 4) is 0 Å². The first-order valence-electron chi connectivity index (χ1n) is 6.45. The summed E-state index contributed by atoms with van der Waals surface area (Å²) in [6.45, 7) is 5.69. The Morgan fingerprint density at radius 2 is 2.06 bits per heavy atom. The Morgan fingerprint density at radius 3 is 2.69 bits per heavy atom. The molecule has 2 heterocycles. The molecular weight excluding hydrogens is 236 g/mol. The van der Waals surface area contributed by atoms with Crippen LogP contribution in [0.15, 0.2) is 0 Å². The average Bonchev–Trinajstić information content (AvgIpc) is 2.39. The van der Waals surface area contributed by atoms with E-state index in [0.29, 0.717) is 5.54 Å². The fourth-order valence-electron chi connectivity index (χ4n) is 2.80. The molecule has 0 aromatic rings. The third-order valence-corrected chi connectivity index (χ3v) is 6.43. The van der Waals surface area contributed by atoms with E-state index in [2.05, 4.69) is 35.3 Å². The maximum absolute atomic E-state index is 6.10. The molecule has 2 aliphatic heterocycles. The van der Waals surface area contributed by atoms with Gasteiger partial charge in [-0.25, -0.2) is 0 Å². The van der Waals surface area contributed by atoms with Gasteiger partial charge in [-0.1, -0.05) is 6.92 Å². The second-order valence-electron chi connectivity index (χ2n) is 4.89. The number of hydrogen-bond donors (Lipinski definition) is 1. The predicted molar refractivity (Wildman–Crippen MR) is 76.5 cm³/mol. The molecule has 0 bridgehead atoms. The second-order valence-corrected chi connectivity index (χ2v) is 7.52. The molecule has 16 heavy (non-hydrogen) atoms. The standard InChI is InChI=1S/C12H24N2S2/c1-2-11-9-14(5-8-16-11)12(10-13)3-6-15-7-4-12/h11H,2-10,13H2,1H3. The maximum atomic E-state index is 6.10. The van der Waals surface area contributed by atoms with Gasteiger partial charge in [0.05, 0.1) is 0 Å². The fraction of sp³-hybridized carbons (Fsp3) is 1.00.